The van der Waals surface area contributed by atoms with Crippen molar-refractivity contribution in [1.29, 1.82) is 0 Å². The SMILES string of the molecule is CCN(CC)c1ncccc1C(C)N. The van der Waals surface area contributed by atoms with Crippen LogP contribution in [-0.4, -0.2) is 18.1 Å². The molecule has 0 saturated carbocycles. The Balaban J connectivity index is 3.05. The summed E-state index contributed by atoms with van der Waals surface area (Å²) in [7, 11) is 0. The third-order valence-corrected chi connectivity index (χ3v) is 2.37. The van der Waals surface area contributed by atoms with Crippen molar-refractivity contribution in [3.05, 3.63) is 23.9 Å². The van der Waals surface area contributed by atoms with Crippen LogP contribution in [0.3, 0.4) is 0 Å². The Kier molecular flexibility index (Phi) is 3.89. The van der Waals surface area contributed by atoms with Crippen LogP contribution in [0, 0.1) is 0 Å². The summed E-state index contributed by atoms with van der Waals surface area (Å²) in [4.78, 5) is 6.61. The monoisotopic (exact) mass is 193 g/mol. The highest BCUT2D eigenvalue weighted by Crippen LogP contribution is 2.21. The Morgan fingerprint density at radius 3 is 2.57 bits per heavy atom. The number of rotatable bonds is 4. The lowest BCUT2D eigenvalue weighted by molar-refractivity contribution is 0.775. The molecule has 0 spiro atoms. The highest BCUT2D eigenvalue weighted by Gasteiger charge is 2.11. The van der Waals surface area contributed by atoms with Crippen LogP contribution < -0.4 is 10.6 Å². The summed E-state index contributed by atoms with van der Waals surface area (Å²) in [6.45, 7) is 8.18. The third kappa shape index (κ3) is 2.23. The van der Waals surface area contributed by atoms with E-state index in [2.05, 4.69) is 23.7 Å². The van der Waals surface area contributed by atoms with Gasteiger partial charge >= 0.3 is 0 Å². The standard InChI is InChI=1S/C11H19N3/c1-4-14(5-2)11-10(9(3)12)7-6-8-13-11/h6-9H,4-5,12H2,1-3H3. The van der Waals surface area contributed by atoms with E-state index in [-0.39, 0.29) is 6.04 Å². The lowest BCUT2D eigenvalue weighted by Crippen LogP contribution is -2.25. The Hall–Kier alpha value is -1.09. The maximum absolute atomic E-state index is 5.90. The Morgan fingerprint density at radius 2 is 2.07 bits per heavy atom. The first kappa shape index (κ1) is 11.0. The van der Waals surface area contributed by atoms with Crippen molar-refractivity contribution in [2.24, 2.45) is 5.73 Å². The Labute approximate surface area is 85.9 Å². The van der Waals surface area contributed by atoms with Crippen LogP contribution >= 0.6 is 0 Å². The van der Waals surface area contributed by atoms with Crippen LogP contribution in [-0.2, 0) is 0 Å². The van der Waals surface area contributed by atoms with Gasteiger partial charge in [0.15, 0.2) is 0 Å². The molecule has 0 amide bonds. The third-order valence-electron chi connectivity index (χ3n) is 2.37. The maximum Gasteiger partial charge on any atom is 0.133 e. The van der Waals surface area contributed by atoms with Gasteiger partial charge in [-0.2, -0.15) is 0 Å². The molecular formula is C11H19N3. The topological polar surface area (TPSA) is 42.2 Å². The number of nitrogens with zero attached hydrogens (tertiary/aromatic N) is 2. The summed E-state index contributed by atoms with van der Waals surface area (Å²) in [5.74, 6) is 1.02. The fourth-order valence-electron chi connectivity index (χ4n) is 1.55. The van der Waals surface area contributed by atoms with Crippen molar-refractivity contribution in [2.45, 2.75) is 26.8 Å². The van der Waals surface area contributed by atoms with Crippen LogP contribution in [0.2, 0.25) is 0 Å². The van der Waals surface area contributed by atoms with Gasteiger partial charge in [-0.25, -0.2) is 4.98 Å². The predicted molar refractivity (Wildman–Crippen MR) is 60.4 cm³/mol. The van der Waals surface area contributed by atoms with Gasteiger partial charge < -0.3 is 10.6 Å². The number of pyridine rings is 1. The van der Waals surface area contributed by atoms with E-state index in [4.69, 9.17) is 5.73 Å². The molecule has 0 bridgehead atoms. The summed E-state index contributed by atoms with van der Waals surface area (Å²) in [5.41, 5.74) is 7.02. The number of anilines is 1. The van der Waals surface area contributed by atoms with Crippen molar-refractivity contribution in [3.63, 3.8) is 0 Å². The molecule has 1 aromatic heterocycles. The summed E-state index contributed by atoms with van der Waals surface area (Å²) in [5, 5.41) is 0. The number of hydrogen-bond acceptors (Lipinski definition) is 3. The fourth-order valence-corrected chi connectivity index (χ4v) is 1.55. The van der Waals surface area contributed by atoms with Crippen LogP contribution in [0.4, 0.5) is 5.82 Å². The Morgan fingerprint density at radius 1 is 1.43 bits per heavy atom. The molecule has 78 valence electrons. The van der Waals surface area contributed by atoms with E-state index in [0.717, 1.165) is 24.5 Å². The van der Waals surface area contributed by atoms with E-state index in [1.54, 1.807) is 0 Å². The molecule has 0 aromatic carbocycles. The average Bonchev–Trinajstić information content (AvgIpc) is 2.20. The summed E-state index contributed by atoms with van der Waals surface area (Å²) in [6, 6.07) is 4.02. The maximum atomic E-state index is 5.90. The van der Waals surface area contributed by atoms with Gasteiger partial charge in [0.2, 0.25) is 0 Å². The molecule has 1 unspecified atom stereocenters. The van der Waals surface area contributed by atoms with Gasteiger partial charge in [-0.3, -0.25) is 0 Å². The molecule has 1 rings (SSSR count). The number of aromatic nitrogens is 1. The molecule has 3 heteroatoms. The molecule has 0 aliphatic rings. The minimum Gasteiger partial charge on any atom is -0.357 e. The van der Waals surface area contributed by atoms with Crippen molar-refractivity contribution < 1.29 is 0 Å². The second kappa shape index (κ2) is 4.96. The molecule has 0 aliphatic heterocycles. The van der Waals surface area contributed by atoms with Crippen LogP contribution in [0.25, 0.3) is 0 Å². The largest absolute Gasteiger partial charge is 0.357 e. The van der Waals surface area contributed by atoms with Gasteiger partial charge in [0.1, 0.15) is 5.82 Å². The van der Waals surface area contributed by atoms with E-state index in [9.17, 15) is 0 Å². The van der Waals surface area contributed by atoms with E-state index < -0.39 is 0 Å². The smallest absolute Gasteiger partial charge is 0.133 e. The van der Waals surface area contributed by atoms with Gasteiger partial charge in [-0.1, -0.05) is 6.07 Å². The first-order valence-electron chi connectivity index (χ1n) is 5.16. The van der Waals surface area contributed by atoms with Crippen LogP contribution in [0.1, 0.15) is 32.4 Å². The van der Waals surface area contributed by atoms with Crippen LogP contribution in [0.15, 0.2) is 18.3 Å². The zero-order valence-electron chi connectivity index (χ0n) is 9.20. The molecule has 0 radical (unpaired) electrons. The van der Waals surface area contributed by atoms with Crippen molar-refractivity contribution >= 4 is 5.82 Å². The second-order valence-corrected chi connectivity index (χ2v) is 3.38. The fraction of sp³-hybridized carbons (Fsp3) is 0.545. The number of hydrogen-bond donors (Lipinski definition) is 1. The molecule has 0 fully saturated rings. The quantitative estimate of drug-likeness (QED) is 0.794. The molecule has 1 heterocycles. The average molecular weight is 193 g/mol. The summed E-state index contributed by atoms with van der Waals surface area (Å²) in [6.07, 6.45) is 1.82. The molecule has 0 aliphatic carbocycles. The highest BCUT2D eigenvalue weighted by atomic mass is 15.2. The molecular weight excluding hydrogens is 174 g/mol. The summed E-state index contributed by atoms with van der Waals surface area (Å²) >= 11 is 0. The van der Waals surface area contributed by atoms with Gasteiger partial charge in [0, 0.05) is 30.9 Å². The molecule has 0 saturated heterocycles. The zero-order valence-corrected chi connectivity index (χ0v) is 9.20. The molecule has 3 nitrogen and oxygen atoms in total. The molecule has 2 N–H and O–H groups in total. The van der Waals surface area contributed by atoms with E-state index in [1.165, 1.54) is 0 Å². The van der Waals surface area contributed by atoms with Gasteiger partial charge in [0.25, 0.3) is 0 Å². The first-order chi connectivity index (χ1) is 6.70. The van der Waals surface area contributed by atoms with Crippen LogP contribution in [0.5, 0.6) is 0 Å². The molecule has 1 atom stereocenters. The lowest BCUT2D eigenvalue weighted by atomic mass is 10.1. The van der Waals surface area contributed by atoms with Crippen molar-refractivity contribution in [1.82, 2.24) is 4.98 Å². The minimum atomic E-state index is 0.0410. The van der Waals surface area contributed by atoms with Gasteiger partial charge in [-0.05, 0) is 26.8 Å². The van der Waals surface area contributed by atoms with E-state index in [1.807, 2.05) is 25.3 Å². The minimum absolute atomic E-state index is 0.0410. The van der Waals surface area contributed by atoms with E-state index >= 15 is 0 Å². The zero-order chi connectivity index (χ0) is 10.6. The van der Waals surface area contributed by atoms with Crippen molar-refractivity contribution in [2.75, 3.05) is 18.0 Å². The van der Waals surface area contributed by atoms with Crippen molar-refractivity contribution in [3.8, 4) is 0 Å². The predicted octanol–water partition coefficient (Wildman–Crippen LogP) is 1.95. The second-order valence-electron chi connectivity index (χ2n) is 3.38. The first-order valence-corrected chi connectivity index (χ1v) is 5.16. The van der Waals surface area contributed by atoms with Gasteiger partial charge in [-0.15, -0.1) is 0 Å². The molecule has 14 heavy (non-hydrogen) atoms. The normalized spacial score (nSPS) is 12.6. The Bertz CT molecular complexity index is 280. The number of nitrogens with two attached hydrogens (primary N) is 1. The van der Waals surface area contributed by atoms with Gasteiger partial charge in [0.05, 0.1) is 0 Å². The molecule has 1 aromatic rings. The van der Waals surface area contributed by atoms with E-state index in [0.29, 0.717) is 0 Å². The highest BCUT2D eigenvalue weighted by molar-refractivity contribution is 5.47. The lowest BCUT2D eigenvalue weighted by Gasteiger charge is -2.23. The summed E-state index contributed by atoms with van der Waals surface area (Å²) < 4.78 is 0.